The largest absolute Gasteiger partial charge is 0.379 e. The Hall–Kier alpha value is -0.820. The van der Waals surface area contributed by atoms with Crippen molar-refractivity contribution in [1.82, 2.24) is 0 Å². The van der Waals surface area contributed by atoms with Crippen LogP contribution in [0.15, 0.2) is 24.3 Å². The van der Waals surface area contributed by atoms with Gasteiger partial charge < -0.3 is 4.74 Å². The summed E-state index contributed by atoms with van der Waals surface area (Å²) in [5.41, 5.74) is 3.10. The fourth-order valence-electron chi connectivity index (χ4n) is 1.85. The van der Waals surface area contributed by atoms with Crippen LogP contribution in [0.25, 0.3) is 0 Å². The van der Waals surface area contributed by atoms with Gasteiger partial charge in [0.05, 0.1) is 13.2 Å². The molecule has 0 aromatic heterocycles. The quantitative estimate of drug-likeness (QED) is 0.696. The molecule has 0 N–H and O–H groups in total. The van der Waals surface area contributed by atoms with E-state index in [9.17, 15) is 0 Å². The molecule has 1 aromatic carbocycles. The molecule has 0 amide bonds. The van der Waals surface area contributed by atoms with Crippen LogP contribution in [0, 0.1) is 0 Å². The molecule has 1 heteroatoms. The SMILES string of the molecule is CC(C)c1ccc(C2(C)COC2)cc1. The van der Waals surface area contributed by atoms with E-state index in [0.717, 1.165) is 13.2 Å². The molecule has 0 radical (unpaired) electrons. The molecular formula is C13H18O. The minimum absolute atomic E-state index is 0.273. The van der Waals surface area contributed by atoms with Gasteiger partial charge in [0.25, 0.3) is 0 Å². The van der Waals surface area contributed by atoms with Crippen LogP contribution >= 0.6 is 0 Å². The van der Waals surface area contributed by atoms with Crippen LogP contribution in [0.3, 0.4) is 0 Å². The molecule has 76 valence electrons. The van der Waals surface area contributed by atoms with Crippen LogP contribution in [-0.4, -0.2) is 13.2 Å². The first kappa shape index (κ1) is 9.72. The fraction of sp³-hybridized carbons (Fsp3) is 0.538. The highest BCUT2D eigenvalue weighted by atomic mass is 16.5. The van der Waals surface area contributed by atoms with Crippen molar-refractivity contribution in [3.63, 3.8) is 0 Å². The first-order valence-electron chi connectivity index (χ1n) is 5.30. The van der Waals surface area contributed by atoms with Crippen LogP contribution in [0.2, 0.25) is 0 Å². The predicted molar refractivity (Wildman–Crippen MR) is 58.7 cm³/mol. The Balaban J connectivity index is 2.21. The van der Waals surface area contributed by atoms with E-state index in [0.29, 0.717) is 5.92 Å². The van der Waals surface area contributed by atoms with E-state index >= 15 is 0 Å². The molecular weight excluding hydrogens is 172 g/mol. The number of benzene rings is 1. The Morgan fingerprint density at radius 1 is 1.14 bits per heavy atom. The first-order chi connectivity index (χ1) is 6.62. The van der Waals surface area contributed by atoms with Crippen LogP contribution in [0.5, 0.6) is 0 Å². The van der Waals surface area contributed by atoms with E-state index in [4.69, 9.17) is 4.74 Å². The van der Waals surface area contributed by atoms with E-state index in [1.165, 1.54) is 11.1 Å². The van der Waals surface area contributed by atoms with Gasteiger partial charge in [-0.15, -0.1) is 0 Å². The second-order valence-electron chi connectivity index (χ2n) is 4.83. The average Bonchev–Trinajstić information content (AvgIpc) is 2.14. The molecule has 1 aliphatic rings. The number of ether oxygens (including phenoxy) is 1. The Labute approximate surface area is 86.1 Å². The van der Waals surface area contributed by atoms with Crippen molar-refractivity contribution < 1.29 is 4.74 Å². The van der Waals surface area contributed by atoms with Gasteiger partial charge in [-0.3, -0.25) is 0 Å². The number of hydrogen-bond donors (Lipinski definition) is 0. The highest BCUT2D eigenvalue weighted by Gasteiger charge is 2.34. The third kappa shape index (κ3) is 1.57. The standard InChI is InChI=1S/C13H18O/c1-10(2)11-4-6-12(7-5-11)13(3)8-14-9-13/h4-7,10H,8-9H2,1-3H3. The van der Waals surface area contributed by atoms with Gasteiger partial charge in [-0.25, -0.2) is 0 Å². The summed E-state index contributed by atoms with van der Waals surface area (Å²) in [5.74, 6) is 0.620. The summed E-state index contributed by atoms with van der Waals surface area (Å²) in [6, 6.07) is 8.98. The minimum atomic E-state index is 0.273. The molecule has 1 aromatic rings. The Kier molecular flexibility index (Phi) is 2.36. The van der Waals surface area contributed by atoms with E-state index in [1.807, 2.05) is 0 Å². The monoisotopic (exact) mass is 190 g/mol. The summed E-state index contributed by atoms with van der Waals surface area (Å²) < 4.78 is 5.27. The third-order valence-corrected chi connectivity index (χ3v) is 3.12. The fourth-order valence-corrected chi connectivity index (χ4v) is 1.85. The lowest BCUT2D eigenvalue weighted by molar-refractivity contribution is -0.0500. The van der Waals surface area contributed by atoms with Crippen LogP contribution < -0.4 is 0 Å². The van der Waals surface area contributed by atoms with Crippen molar-refractivity contribution in [1.29, 1.82) is 0 Å². The first-order valence-corrected chi connectivity index (χ1v) is 5.30. The van der Waals surface area contributed by atoms with Gasteiger partial charge >= 0.3 is 0 Å². The van der Waals surface area contributed by atoms with Crippen LogP contribution in [0.4, 0.5) is 0 Å². The second kappa shape index (κ2) is 3.39. The minimum Gasteiger partial charge on any atom is -0.379 e. The molecule has 1 fully saturated rings. The molecule has 0 bridgehead atoms. The van der Waals surface area contributed by atoms with Crippen molar-refractivity contribution in [2.24, 2.45) is 0 Å². The summed E-state index contributed by atoms with van der Waals surface area (Å²) >= 11 is 0. The molecule has 2 rings (SSSR count). The maximum Gasteiger partial charge on any atom is 0.0582 e. The second-order valence-corrected chi connectivity index (χ2v) is 4.83. The maximum atomic E-state index is 5.27. The zero-order chi connectivity index (χ0) is 10.2. The molecule has 0 unspecified atom stereocenters. The van der Waals surface area contributed by atoms with Crippen molar-refractivity contribution in [2.75, 3.05) is 13.2 Å². The van der Waals surface area contributed by atoms with Crippen molar-refractivity contribution in [3.8, 4) is 0 Å². The molecule has 0 atom stereocenters. The normalized spacial score (nSPS) is 19.4. The zero-order valence-corrected chi connectivity index (χ0v) is 9.21. The molecule has 0 aliphatic carbocycles. The van der Waals surface area contributed by atoms with Gasteiger partial charge in [0.15, 0.2) is 0 Å². The number of hydrogen-bond acceptors (Lipinski definition) is 1. The zero-order valence-electron chi connectivity index (χ0n) is 9.21. The Bertz CT molecular complexity index is 307. The summed E-state index contributed by atoms with van der Waals surface area (Å²) in [7, 11) is 0. The summed E-state index contributed by atoms with van der Waals surface area (Å²) in [4.78, 5) is 0. The maximum absolute atomic E-state index is 5.27. The van der Waals surface area contributed by atoms with Crippen molar-refractivity contribution in [3.05, 3.63) is 35.4 Å². The smallest absolute Gasteiger partial charge is 0.0582 e. The van der Waals surface area contributed by atoms with Gasteiger partial charge in [-0.1, -0.05) is 45.0 Å². The molecule has 0 spiro atoms. The van der Waals surface area contributed by atoms with E-state index in [1.54, 1.807) is 0 Å². The van der Waals surface area contributed by atoms with E-state index in [2.05, 4.69) is 45.0 Å². The Morgan fingerprint density at radius 3 is 2.07 bits per heavy atom. The van der Waals surface area contributed by atoms with Gasteiger partial charge in [0.2, 0.25) is 0 Å². The van der Waals surface area contributed by atoms with Gasteiger partial charge in [-0.2, -0.15) is 0 Å². The van der Waals surface area contributed by atoms with Crippen LogP contribution in [0.1, 0.15) is 37.8 Å². The number of rotatable bonds is 2. The van der Waals surface area contributed by atoms with Gasteiger partial charge in [0, 0.05) is 5.41 Å². The lowest BCUT2D eigenvalue weighted by atomic mass is 9.80. The van der Waals surface area contributed by atoms with Crippen LogP contribution in [-0.2, 0) is 10.2 Å². The molecule has 0 saturated carbocycles. The summed E-state index contributed by atoms with van der Waals surface area (Å²) in [5, 5.41) is 0. The molecule has 1 nitrogen and oxygen atoms in total. The average molecular weight is 190 g/mol. The highest BCUT2D eigenvalue weighted by molar-refractivity contribution is 5.31. The van der Waals surface area contributed by atoms with E-state index in [-0.39, 0.29) is 5.41 Å². The van der Waals surface area contributed by atoms with Crippen molar-refractivity contribution >= 4 is 0 Å². The van der Waals surface area contributed by atoms with Gasteiger partial charge in [-0.05, 0) is 17.0 Å². The Morgan fingerprint density at radius 2 is 1.71 bits per heavy atom. The predicted octanol–water partition coefficient (Wildman–Crippen LogP) is 3.10. The topological polar surface area (TPSA) is 9.23 Å². The summed E-state index contributed by atoms with van der Waals surface area (Å²) in [6.45, 7) is 8.45. The lowest BCUT2D eigenvalue weighted by Crippen LogP contribution is -2.43. The van der Waals surface area contributed by atoms with Gasteiger partial charge in [0.1, 0.15) is 0 Å². The molecule has 1 saturated heterocycles. The molecule has 14 heavy (non-hydrogen) atoms. The molecule has 1 heterocycles. The lowest BCUT2D eigenvalue weighted by Gasteiger charge is -2.38. The third-order valence-electron chi connectivity index (χ3n) is 3.12. The summed E-state index contributed by atoms with van der Waals surface area (Å²) in [6.07, 6.45) is 0. The van der Waals surface area contributed by atoms with E-state index < -0.39 is 0 Å². The highest BCUT2D eigenvalue weighted by Crippen LogP contribution is 2.32. The molecule has 1 aliphatic heterocycles. The van der Waals surface area contributed by atoms with Crippen molar-refractivity contribution in [2.45, 2.75) is 32.1 Å².